The SMILES string of the molecule is COCCNc1nc(S(C)(=O)=O)nc2c(/C=C3\CC(=O)NC3=O)cnn12. The van der Waals surface area contributed by atoms with Crippen LogP contribution >= 0.6 is 0 Å². The maximum absolute atomic E-state index is 11.9. The van der Waals surface area contributed by atoms with Crippen LogP contribution in [0.1, 0.15) is 12.0 Å². The average Bonchev–Trinajstić information content (AvgIpc) is 3.10. The van der Waals surface area contributed by atoms with Crippen LogP contribution in [-0.4, -0.2) is 66.3 Å². The molecule has 0 bridgehead atoms. The molecule has 138 valence electrons. The second-order valence-electron chi connectivity index (χ2n) is 5.58. The number of amides is 2. The van der Waals surface area contributed by atoms with Gasteiger partial charge in [-0.3, -0.25) is 14.9 Å². The highest BCUT2D eigenvalue weighted by atomic mass is 32.2. The molecular formula is C14H16N6O5S. The van der Waals surface area contributed by atoms with Crippen LogP contribution in [0.5, 0.6) is 0 Å². The van der Waals surface area contributed by atoms with Crippen LogP contribution < -0.4 is 10.6 Å². The molecule has 0 atom stereocenters. The van der Waals surface area contributed by atoms with Gasteiger partial charge >= 0.3 is 0 Å². The maximum Gasteiger partial charge on any atom is 0.254 e. The Labute approximate surface area is 148 Å². The first-order chi connectivity index (χ1) is 12.3. The highest BCUT2D eigenvalue weighted by molar-refractivity contribution is 7.90. The summed E-state index contributed by atoms with van der Waals surface area (Å²) < 4.78 is 30.1. The highest BCUT2D eigenvalue weighted by Crippen LogP contribution is 2.20. The number of carbonyl (C=O) groups is 2. The molecule has 0 spiro atoms. The Morgan fingerprint density at radius 3 is 2.77 bits per heavy atom. The molecule has 1 aliphatic rings. The molecule has 2 N–H and O–H groups in total. The van der Waals surface area contributed by atoms with Gasteiger partial charge in [-0.15, -0.1) is 0 Å². The molecule has 11 nitrogen and oxygen atoms in total. The summed E-state index contributed by atoms with van der Waals surface area (Å²) in [7, 11) is -2.14. The van der Waals surface area contributed by atoms with Crippen molar-refractivity contribution in [2.45, 2.75) is 11.6 Å². The molecule has 12 heteroatoms. The fourth-order valence-electron chi connectivity index (χ4n) is 2.33. The van der Waals surface area contributed by atoms with E-state index in [1.54, 1.807) is 0 Å². The summed E-state index contributed by atoms with van der Waals surface area (Å²) in [5.41, 5.74) is 0.838. The largest absolute Gasteiger partial charge is 0.383 e. The number of carbonyl (C=O) groups excluding carboxylic acids is 2. The molecule has 0 radical (unpaired) electrons. The van der Waals surface area contributed by atoms with Crippen LogP contribution in [0.4, 0.5) is 5.95 Å². The van der Waals surface area contributed by atoms with Crippen molar-refractivity contribution in [1.29, 1.82) is 0 Å². The van der Waals surface area contributed by atoms with E-state index in [0.717, 1.165) is 6.26 Å². The predicted octanol–water partition coefficient (Wildman–Crippen LogP) is -0.984. The minimum absolute atomic E-state index is 0.0564. The Morgan fingerprint density at radius 1 is 1.38 bits per heavy atom. The molecule has 1 saturated heterocycles. The normalized spacial score (nSPS) is 16.5. The number of hydrogen-bond donors (Lipinski definition) is 2. The van der Waals surface area contributed by atoms with Crippen molar-refractivity contribution in [3.63, 3.8) is 0 Å². The Kier molecular flexibility index (Phi) is 4.70. The number of imide groups is 1. The van der Waals surface area contributed by atoms with Gasteiger partial charge in [-0.1, -0.05) is 0 Å². The van der Waals surface area contributed by atoms with Gasteiger partial charge in [0.15, 0.2) is 5.65 Å². The van der Waals surface area contributed by atoms with Crippen molar-refractivity contribution in [3.05, 3.63) is 17.3 Å². The van der Waals surface area contributed by atoms with Crippen molar-refractivity contribution in [3.8, 4) is 0 Å². The molecule has 3 rings (SSSR count). The molecule has 2 amide bonds. The summed E-state index contributed by atoms with van der Waals surface area (Å²) in [6, 6.07) is 0. The minimum atomic E-state index is -3.68. The van der Waals surface area contributed by atoms with E-state index in [-0.39, 0.29) is 28.7 Å². The van der Waals surface area contributed by atoms with Gasteiger partial charge in [-0.05, 0) is 6.08 Å². The first-order valence-electron chi connectivity index (χ1n) is 7.53. The van der Waals surface area contributed by atoms with Gasteiger partial charge in [0.1, 0.15) is 0 Å². The molecule has 0 aliphatic carbocycles. The Bertz CT molecular complexity index is 1030. The van der Waals surface area contributed by atoms with E-state index in [1.807, 2.05) is 0 Å². The smallest absolute Gasteiger partial charge is 0.254 e. The zero-order valence-electron chi connectivity index (χ0n) is 14.0. The molecule has 2 aromatic heterocycles. The van der Waals surface area contributed by atoms with E-state index in [9.17, 15) is 18.0 Å². The number of methoxy groups -OCH3 is 1. The number of nitrogens with zero attached hydrogens (tertiary/aromatic N) is 4. The lowest BCUT2D eigenvalue weighted by atomic mass is 10.1. The van der Waals surface area contributed by atoms with Crippen LogP contribution in [0.3, 0.4) is 0 Å². The minimum Gasteiger partial charge on any atom is -0.383 e. The van der Waals surface area contributed by atoms with E-state index in [0.29, 0.717) is 18.7 Å². The number of rotatable bonds is 6. The second-order valence-corrected chi connectivity index (χ2v) is 7.49. The van der Waals surface area contributed by atoms with Crippen LogP contribution in [0.2, 0.25) is 0 Å². The topological polar surface area (TPSA) is 145 Å². The number of ether oxygens (including phenoxy) is 1. The van der Waals surface area contributed by atoms with Gasteiger partial charge in [0.25, 0.3) is 11.1 Å². The van der Waals surface area contributed by atoms with Gasteiger partial charge in [0.2, 0.25) is 21.7 Å². The van der Waals surface area contributed by atoms with Gasteiger partial charge < -0.3 is 10.1 Å². The van der Waals surface area contributed by atoms with Crippen LogP contribution in [0.15, 0.2) is 16.9 Å². The molecule has 0 aromatic carbocycles. The third-order valence-corrected chi connectivity index (χ3v) is 4.37. The summed E-state index contributed by atoms with van der Waals surface area (Å²) in [4.78, 5) is 31.1. The standard InChI is InChI=1S/C14H16N6O5S/c1-25-4-3-15-13-19-14(26(2,23)24)18-11-9(7-16-20(11)13)5-8-6-10(21)17-12(8)22/h5,7H,3-4,6H2,1-2H3,(H,15,18,19)(H,17,21,22)/b8-5+. The summed E-state index contributed by atoms with van der Waals surface area (Å²) in [6.45, 7) is 0.749. The van der Waals surface area contributed by atoms with Gasteiger partial charge in [0.05, 0.1) is 19.2 Å². The van der Waals surface area contributed by atoms with Crippen LogP contribution in [0, 0.1) is 0 Å². The van der Waals surface area contributed by atoms with Gasteiger partial charge in [-0.25, -0.2) is 8.42 Å². The number of hydrogen-bond acceptors (Lipinski definition) is 9. The van der Waals surface area contributed by atoms with Gasteiger partial charge in [-0.2, -0.15) is 19.6 Å². The lowest BCUT2D eigenvalue weighted by molar-refractivity contribution is -0.124. The molecule has 0 unspecified atom stereocenters. The first-order valence-corrected chi connectivity index (χ1v) is 9.42. The fraction of sp³-hybridized carbons (Fsp3) is 0.357. The summed E-state index contributed by atoms with van der Waals surface area (Å²) in [5.74, 6) is -0.722. The molecule has 26 heavy (non-hydrogen) atoms. The monoisotopic (exact) mass is 380 g/mol. The predicted molar refractivity (Wildman–Crippen MR) is 90.0 cm³/mol. The highest BCUT2D eigenvalue weighted by Gasteiger charge is 2.25. The molecule has 3 heterocycles. The average molecular weight is 380 g/mol. The summed E-state index contributed by atoms with van der Waals surface area (Å²) in [6.07, 6.45) is 3.82. The number of aromatic nitrogens is 4. The third kappa shape index (κ3) is 3.55. The summed E-state index contributed by atoms with van der Waals surface area (Å²) >= 11 is 0. The lowest BCUT2D eigenvalue weighted by Gasteiger charge is -2.08. The molecule has 2 aromatic rings. The zero-order valence-corrected chi connectivity index (χ0v) is 14.8. The van der Waals surface area contributed by atoms with Crippen molar-refractivity contribution >= 4 is 39.3 Å². The first kappa shape index (κ1) is 17.9. The van der Waals surface area contributed by atoms with Crippen molar-refractivity contribution in [2.75, 3.05) is 31.8 Å². The second kappa shape index (κ2) is 6.80. The molecular weight excluding hydrogens is 364 g/mol. The number of anilines is 1. The van der Waals surface area contributed by atoms with E-state index < -0.39 is 21.7 Å². The number of fused-ring (bicyclic) bond motifs is 1. The molecule has 0 saturated carbocycles. The zero-order chi connectivity index (χ0) is 18.9. The van der Waals surface area contributed by atoms with Crippen LogP contribution in [0.25, 0.3) is 11.7 Å². The maximum atomic E-state index is 11.9. The van der Waals surface area contributed by atoms with Crippen molar-refractivity contribution in [2.24, 2.45) is 0 Å². The number of sulfone groups is 1. The Hall–Kier alpha value is -2.86. The number of nitrogens with one attached hydrogen (secondary N) is 2. The van der Waals surface area contributed by atoms with E-state index in [2.05, 4.69) is 25.7 Å². The third-order valence-electron chi connectivity index (χ3n) is 3.52. The fourth-order valence-corrected chi connectivity index (χ4v) is 2.84. The van der Waals surface area contributed by atoms with E-state index in [4.69, 9.17) is 4.74 Å². The quantitative estimate of drug-likeness (QED) is 0.367. The van der Waals surface area contributed by atoms with Gasteiger partial charge in [0, 0.05) is 31.0 Å². The Morgan fingerprint density at radius 2 is 2.15 bits per heavy atom. The van der Waals surface area contributed by atoms with Crippen molar-refractivity contribution < 1.29 is 22.7 Å². The Balaban J connectivity index is 2.11. The molecule has 1 aliphatic heterocycles. The molecule has 1 fully saturated rings. The van der Waals surface area contributed by atoms with Crippen molar-refractivity contribution in [1.82, 2.24) is 24.9 Å². The lowest BCUT2D eigenvalue weighted by Crippen LogP contribution is -2.19. The summed E-state index contributed by atoms with van der Waals surface area (Å²) in [5, 5.41) is 8.87. The van der Waals surface area contributed by atoms with E-state index in [1.165, 1.54) is 23.9 Å². The van der Waals surface area contributed by atoms with E-state index >= 15 is 0 Å². The van der Waals surface area contributed by atoms with Crippen LogP contribution in [-0.2, 0) is 24.2 Å².